The first kappa shape index (κ1) is 15.5. The van der Waals surface area contributed by atoms with E-state index in [9.17, 15) is 9.59 Å². The first-order chi connectivity index (χ1) is 11.5. The zero-order chi connectivity index (χ0) is 17.3. The highest BCUT2D eigenvalue weighted by Crippen LogP contribution is 2.17. The Kier molecular flexibility index (Phi) is 3.91. The van der Waals surface area contributed by atoms with Crippen molar-refractivity contribution >= 4 is 17.5 Å². The molecule has 0 radical (unpaired) electrons. The van der Waals surface area contributed by atoms with Crippen LogP contribution in [0.2, 0.25) is 0 Å². The van der Waals surface area contributed by atoms with Crippen molar-refractivity contribution in [2.75, 3.05) is 5.32 Å². The highest BCUT2D eigenvalue weighted by Gasteiger charge is 2.11. The third kappa shape index (κ3) is 2.91. The van der Waals surface area contributed by atoms with E-state index in [-0.39, 0.29) is 11.6 Å². The van der Waals surface area contributed by atoms with Crippen molar-refractivity contribution in [1.82, 2.24) is 14.5 Å². The Balaban J connectivity index is 1.75. The lowest BCUT2D eigenvalue weighted by atomic mass is 10.2. The molecule has 7 heteroatoms. The molecule has 0 fully saturated rings. The molecule has 1 aromatic carbocycles. The number of nitrogens with zero attached hydrogens (tertiary/aromatic N) is 2. The highest BCUT2D eigenvalue weighted by atomic mass is 16.2. The molecule has 0 aliphatic carbocycles. The summed E-state index contributed by atoms with van der Waals surface area (Å²) < 4.78 is 1.98. The van der Waals surface area contributed by atoms with E-state index in [1.807, 2.05) is 42.7 Å². The van der Waals surface area contributed by atoms with Crippen LogP contribution < -0.4 is 11.1 Å². The molecule has 4 N–H and O–H groups in total. The van der Waals surface area contributed by atoms with Gasteiger partial charge >= 0.3 is 0 Å². The third-order valence-corrected chi connectivity index (χ3v) is 3.87. The molecule has 0 saturated carbocycles. The van der Waals surface area contributed by atoms with Gasteiger partial charge in [-0.15, -0.1) is 0 Å². The number of benzene rings is 1. The Labute approximate surface area is 138 Å². The summed E-state index contributed by atoms with van der Waals surface area (Å²) in [5.74, 6) is -0.925. The number of H-pyrrole nitrogens is 1. The average molecular weight is 323 g/mol. The van der Waals surface area contributed by atoms with Crippen LogP contribution in [0.3, 0.4) is 0 Å². The number of hydrogen-bond acceptors (Lipinski definition) is 3. The van der Waals surface area contributed by atoms with Crippen LogP contribution in [-0.4, -0.2) is 26.3 Å². The number of rotatable bonds is 4. The maximum Gasteiger partial charge on any atom is 0.265 e. The maximum atomic E-state index is 12.2. The molecule has 0 aliphatic rings. The Morgan fingerprint density at radius 1 is 1.21 bits per heavy atom. The van der Waals surface area contributed by atoms with Crippen molar-refractivity contribution in [1.29, 1.82) is 0 Å². The molecule has 24 heavy (non-hydrogen) atoms. The normalized spacial score (nSPS) is 10.6. The number of nitrogens with one attached hydrogen (secondary N) is 2. The molecule has 0 saturated heterocycles. The Morgan fingerprint density at radius 3 is 2.46 bits per heavy atom. The SMILES string of the molecule is Cc1ncn(-c2ccc(NC(=O)c3c[nH]c(C(N)=O)c3)cc2)c1C. The number of nitrogens with two attached hydrogens (primary N) is 1. The molecule has 122 valence electrons. The Morgan fingerprint density at radius 2 is 1.92 bits per heavy atom. The van der Waals surface area contributed by atoms with Crippen molar-refractivity contribution in [2.45, 2.75) is 13.8 Å². The lowest BCUT2D eigenvalue weighted by Crippen LogP contribution is -2.12. The number of primary amides is 1. The molecule has 7 nitrogen and oxygen atoms in total. The smallest absolute Gasteiger partial charge is 0.265 e. The van der Waals surface area contributed by atoms with Gasteiger partial charge in [-0.3, -0.25) is 9.59 Å². The number of carbonyl (C=O) groups is 2. The first-order valence-corrected chi connectivity index (χ1v) is 7.36. The van der Waals surface area contributed by atoms with Crippen molar-refractivity contribution in [2.24, 2.45) is 5.73 Å². The average Bonchev–Trinajstić information content (AvgIpc) is 3.17. The summed E-state index contributed by atoms with van der Waals surface area (Å²) in [6.07, 6.45) is 3.21. The zero-order valence-corrected chi connectivity index (χ0v) is 13.3. The summed E-state index contributed by atoms with van der Waals surface area (Å²) in [5.41, 5.74) is 9.35. The standard InChI is InChI=1S/C17H17N5O2/c1-10-11(2)22(9-20-10)14-5-3-13(4-6-14)21-17(24)12-7-15(16(18)23)19-8-12/h3-9,19H,1-2H3,(H2,18,23)(H,21,24). The predicted molar refractivity (Wildman–Crippen MR) is 90.3 cm³/mol. The fourth-order valence-corrected chi connectivity index (χ4v) is 2.34. The molecule has 0 atom stereocenters. The fraction of sp³-hybridized carbons (Fsp3) is 0.118. The highest BCUT2D eigenvalue weighted by molar-refractivity contribution is 6.05. The van der Waals surface area contributed by atoms with E-state index >= 15 is 0 Å². The lowest BCUT2D eigenvalue weighted by Gasteiger charge is -2.08. The van der Waals surface area contributed by atoms with Gasteiger partial charge in [-0.25, -0.2) is 4.98 Å². The van der Waals surface area contributed by atoms with Crippen LogP contribution in [-0.2, 0) is 0 Å². The quantitative estimate of drug-likeness (QED) is 0.685. The van der Waals surface area contributed by atoms with Crippen molar-refractivity contribution in [3.05, 3.63) is 65.5 Å². The summed E-state index contributed by atoms with van der Waals surface area (Å²) in [6, 6.07) is 8.84. The second-order valence-electron chi connectivity index (χ2n) is 5.45. The fourth-order valence-electron chi connectivity index (χ4n) is 2.34. The monoisotopic (exact) mass is 323 g/mol. The Hall–Kier alpha value is -3.35. The van der Waals surface area contributed by atoms with E-state index in [2.05, 4.69) is 15.3 Å². The molecule has 0 bridgehead atoms. The third-order valence-electron chi connectivity index (χ3n) is 3.87. The zero-order valence-electron chi connectivity index (χ0n) is 13.3. The van der Waals surface area contributed by atoms with Gasteiger partial charge in [-0.1, -0.05) is 0 Å². The number of carbonyl (C=O) groups excluding carboxylic acids is 2. The van der Waals surface area contributed by atoms with Crippen LogP contribution in [0.5, 0.6) is 0 Å². The van der Waals surface area contributed by atoms with Gasteiger partial charge in [-0.2, -0.15) is 0 Å². The summed E-state index contributed by atoms with van der Waals surface area (Å²) in [6.45, 7) is 3.96. The number of amides is 2. The lowest BCUT2D eigenvalue weighted by molar-refractivity contribution is 0.0995. The molecule has 2 amide bonds. The molecule has 3 aromatic rings. The van der Waals surface area contributed by atoms with Crippen LogP contribution in [0, 0.1) is 13.8 Å². The van der Waals surface area contributed by atoms with E-state index in [0.717, 1.165) is 17.1 Å². The first-order valence-electron chi connectivity index (χ1n) is 7.36. The number of aromatic amines is 1. The molecular formula is C17H17N5O2. The molecule has 2 heterocycles. The van der Waals surface area contributed by atoms with Crippen LogP contribution in [0.4, 0.5) is 5.69 Å². The summed E-state index contributed by atoms with van der Waals surface area (Å²) in [7, 11) is 0. The van der Waals surface area contributed by atoms with Gasteiger partial charge in [0.05, 0.1) is 17.6 Å². The summed E-state index contributed by atoms with van der Waals surface area (Å²) in [4.78, 5) is 30.1. The molecule has 3 rings (SSSR count). The van der Waals surface area contributed by atoms with E-state index in [1.165, 1.54) is 12.3 Å². The number of anilines is 1. The van der Waals surface area contributed by atoms with Gasteiger partial charge in [-0.05, 0) is 44.2 Å². The largest absolute Gasteiger partial charge is 0.364 e. The summed E-state index contributed by atoms with van der Waals surface area (Å²) >= 11 is 0. The van der Waals surface area contributed by atoms with E-state index in [0.29, 0.717) is 11.3 Å². The van der Waals surface area contributed by atoms with E-state index in [1.54, 1.807) is 6.33 Å². The van der Waals surface area contributed by atoms with Gasteiger partial charge in [0.1, 0.15) is 5.69 Å². The topological polar surface area (TPSA) is 106 Å². The van der Waals surface area contributed by atoms with Crippen LogP contribution >= 0.6 is 0 Å². The van der Waals surface area contributed by atoms with Crippen LogP contribution in [0.25, 0.3) is 5.69 Å². The maximum absolute atomic E-state index is 12.2. The van der Waals surface area contributed by atoms with Gasteiger partial charge in [0, 0.05) is 23.3 Å². The van der Waals surface area contributed by atoms with E-state index in [4.69, 9.17) is 5.73 Å². The summed E-state index contributed by atoms with van der Waals surface area (Å²) in [5, 5.41) is 2.77. The minimum atomic E-state index is -0.607. The second kappa shape index (κ2) is 6.04. The minimum Gasteiger partial charge on any atom is -0.364 e. The Bertz CT molecular complexity index is 905. The van der Waals surface area contributed by atoms with Crippen molar-refractivity contribution in [3.63, 3.8) is 0 Å². The van der Waals surface area contributed by atoms with E-state index < -0.39 is 5.91 Å². The molecular weight excluding hydrogens is 306 g/mol. The molecule has 0 spiro atoms. The van der Waals surface area contributed by atoms with Crippen LogP contribution in [0.15, 0.2) is 42.9 Å². The van der Waals surface area contributed by atoms with Crippen molar-refractivity contribution in [3.8, 4) is 5.69 Å². The van der Waals surface area contributed by atoms with Gasteiger partial charge < -0.3 is 20.6 Å². The van der Waals surface area contributed by atoms with Crippen molar-refractivity contribution < 1.29 is 9.59 Å². The second-order valence-corrected chi connectivity index (χ2v) is 5.45. The van der Waals surface area contributed by atoms with Gasteiger partial charge in [0.25, 0.3) is 11.8 Å². The number of imidazole rings is 1. The number of hydrogen-bond donors (Lipinski definition) is 3. The number of aromatic nitrogens is 3. The molecule has 0 unspecified atom stereocenters. The number of aryl methyl sites for hydroxylation is 1. The molecule has 2 aromatic heterocycles. The molecule has 0 aliphatic heterocycles. The van der Waals surface area contributed by atoms with Gasteiger partial charge in [0.15, 0.2) is 0 Å². The predicted octanol–water partition coefficient (Wildman–Crippen LogP) is 2.17. The minimum absolute atomic E-state index is 0.196. The van der Waals surface area contributed by atoms with Gasteiger partial charge in [0.2, 0.25) is 0 Å². The van der Waals surface area contributed by atoms with Crippen LogP contribution in [0.1, 0.15) is 32.2 Å².